The molecule has 0 aliphatic carbocycles. The van der Waals surface area contributed by atoms with Gasteiger partial charge in [0.2, 0.25) is 0 Å². The van der Waals surface area contributed by atoms with Gasteiger partial charge in [0.1, 0.15) is 0 Å². The maximum Gasteiger partial charge on any atom is 0.161 e. The monoisotopic (exact) mass is 305 g/mol. The molecule has 4 heteroatoms. The molecule has 1 atom stereocenters. The molecular formula is C17H20ClNO2. The van der Waals surface area contributed by atoms with Crippen LogP contribution >= 0.6 is 11.6 Å². The molecule has 0 aliphatic rings. The van der Waals surface area contributed by atoms with E-state index in [0.29, 0.717) is 6.54 Å². The lowest BCUT2D eigenvalue weighted by molar-refractivity contribution is 0.354. The fourth-order valence-corrected chi connectivity index (χ4v) is 2.58. The van der Waals surface area contributed by atoms with E-state index in [4.69, 9.17) is 26.8 Å². The van der Waals surface area contributed by atoms with Gasteiger partial charge in [-0.3, -0.25) is 0 Å². The van der Waals surface area contributed by atoms with Crippen molar-refractivity contribution < 1.29 is 9.47 Å². The lowest BCUT2D eigenvalue weighted by Crippen LogP contribution is -2.09. The van der Waals surface area contributed by atoms with Crippen molar-refractivity contribution in [3.63, 3.8) is 0 Å². The number of benzene rings is 2. The van der Waals surface area contributed by atoms with Gasteiger partial charge in [0.25, 0.3) is 0 Å². The van der Waals surface area contributed by atoms with Gasteiger partial charge < -0.3 is 15.2 Å². The Hall–Kier alpha value is -1.71. The van der Waals surface area contributed by atoms with Crippen LogP contribution in [0.4, 0.5) is 0 Å². The van der Waals surface area contributed by atoms with Crippen LogP contribution < -0.4 is 15.2 Å². The van der Waals surface area contributed by atoms with E-state index in [9.17, 15) is 0 Å². The van der Waals surface area contributed by atoms with E-state index in [2.05, 4.69) is 6.07 Å². The zero-order valence-electron chi connectivity index (χ0n) is 12.3. The molecule has 2 aromatic rings. The van der Waals surface area contributed by atoms with Crippen molar-refractivity contribution >= 4 is 11.6 Å². The summed E-state index contributed by atoms with van der Waals surface area (Å²) >= 11 is 5.97. The summed E-state index contributed by atoms with van der Waals surface area (Å²) in [4.78, 5) is 0. The Labute approximate surface area is 130 Å². The Morgan fingerprint density at radius 2 is 1.57 bits per heavy atom. The molecule has 0 aliphatic heterocycles. The van der Waals surface area contributed by atoms with Crippen molar-refractivity contribution in [3.05, 3.63) is 58.6 Å². The Morgan fingerprint density at radius 3 is 2.14 bits per heavy atom. The van der Waals surface area contributed by atoms with Crippen LogP contribution in [0, 0.1) is 0 Å². The maximum atomic E-state index is 5.97. The molecule has 2 N–H and O–H groups in total. The fraction of sp³-hybridized carbons (Fsp3) is 0.294. The number of halogens is 1. The highest BCUT2D eigenvalue weighted by Gasteiger charge is 2.16. The first kappa shape index (κ1) is 15.7. The second kappa shape index (κ2) is 7.34. The van der Waals surface area contributed by atoms with Crippen LogP contribution in [0.1, 0.15) is 23.5 Å². The van der Waals surface area contributed by atoms with Crippen LogP contribution in [-0.2, 0) is 0 Å². The van der Waals surface area contributed by atoms with E-state index >= 15 is 0 Å². The highest BCUT2D eigenvalue weighted by molar-refractivity contribution is 6.30. The average Bonchev–Trinajstić information content (AvgIpc) is 2.53. The van der Waals surface area contributed by atoms with Crippen molar-refractivity contribution in [2.75, 3.05) is 20.8 Å². The predicted octanol–water partition coefficient (Wildman–Crippen LogP) is 3.84. The molecular weight excluding hydrogens is 286 g/mol. The van der Waals surface area contributed by atoms with Gasteiger partial charge >= 0.3 is 0 Å². The number of rotatable bonds is 6. The number of ether oxygens (including phenoxy) is 2. The summed E-state index contributed by atoms with van der Waals surface area (Å²) in [5.41, 5.74) is 8.12. The fourth-order valence-electron chi connectivity index (χ4n) is 2.46. The minimum Gasteiger partial charge on any atom is -0.493 e. The normalized spacial score (nSPS) is 12.0. The number of hydrogen-bond acceptors (Lipinski definition) is 3. The first-order valence-corrected chi connectivity index (χ1v) is 7.24. The Morgan fingerprint density at radius 1 is 0.952 bits per heavy atom. The van der Waals surface area contributed by atoms with Crippen LogP contribution in [0.15, 0.2) is 42.5 Å². The van der Waals surface area contributed by atoms with Crippen molar-refractivity contribution in [2.45, 2.75) is 12.3 Å². The van der Waals surface area contributed by atoms with Crippen LogP contribution in [0.25, 0.3) is 0 Å². The van der Waals surface area contributed by atoms with Crippen molar-refractivity contribution in [1.29, 1.82) is 0 Å². The molecule has 0 amide bonds. The van der Waals surface area contributed by atoms with Gasteiger partial charge in [-0.25, -0.2) is 0 Å². The molecule has 1 unspecified atom stereocenters. The predicted molar refractivity (Wildman–Crippen MR) is 86.5 cm³/mol. The molecule has 0 heterocycles. The van der Waals surface area contributed by atoms with E-state index in [0.717, 1.165) is 28.5 Å². The summed E-state index contributed by atoms with van der Waals surface area (Å²) < 4.78 is 10.7. The van der Waals surface area contributed by atoms with E-state index in [1.54, 1.807) is 14.2 Å². The van der Waals surface area contributed by atoms with Gasteiger partial charge in [0.05, 0.1) is 14.2 Å². The summed E-state index contributed by atoms with van der Waals surface area (Å²) in [6, 6.07) is 13.9. The first-order valence-electron chi connectivity index (χ1n) is 6.87. The van der Waals surface area contributed by atoms with Crippen LogP contribution in [0.3, 0.4) is 0 Å². The minimum atomic E-state index is 0.215. The van der Waals surface area contributed by atoms with Gasteiger partial charge in [-0.05, 0) is 48.4 Å². The third-order valence-corrected chi connectivity index (χ3v) is 3.79. The zero-order valence-corrected chi connectivity index (χ0v) is 13.1. The third kappa shape index (κ3) is 3.69. The molecule has 0 aromatic heterocycles. The summed E-state index contributed by atoms with van der Waals surface area (Å²) in [6.45, 7) is 0.613. The van der Waals surface area contributed by atoms with E-state index in [-0.39, 0.29) is 5.92 Å². The second-order valence-electron chi connectivity index (χ2n) is 4.80. The Kier molecular flexibility index (Phi) is 5.48. The summed E-state index contributed by atoms with van der Waals surface area (Å²) in [7, 11) is 3.27. The van der Waals surface area contributed by atoms with Crippen molar-refractivity contribution in [3.8, 4) is 11.5 Å². The molecule has 0 spiro atoms. The molecule has 0 saturated heterocycles. The summed E-state index contributed by atoms with van der Waals surface area (Å²) in [5, 5.41) is 0.734. The quantitative estimate of drug-likeness (QED) is 0.882. The number of hydrogen-bond donors (Lipinski definition) is 1. The summed E-state index contributed by atoms with van der Waals surface area (Å²) in [5.74, 6) is 1.67. The first-order chi connectivity index (χ1) is 10.2. The lowest BCUT2D eigenvalue weighted by atomic mass is 9.88. The highest BCUT2D eigenvalue weighted by atomic mass is 35.5. The van der Waals surface area contributed by atoms with Crippen LogP contribution in [0.2, 0.25) is 5.02 Å². The van der Waals surface area contributed by atoms with Gasteiger partial charge in [0.15, 0.2) is 11.5 Å². The SMILES string of the molecule is COc1ccc(C(CCN)c2ccc(Cl)cc2)cc1OC. The zero-order chi connectivity index (χ0) is 15.2. The summed E-state index contributed by atoms with van der Waals surface area (Å²) in [6.07, 6.45) is 0.858. The molecule has 0 fully saturated rings. The Balaban J connectivity index is 2.40. The Bertz CT molecular complexity index is 584. The molecule has 3 nitrogen and oxygen atoms in total. The molecule has 2 rings (SSSR count). The number of methoxy groups -OCH3 is 2. The van der Waals surface area contributed by atoms with Crippen LogP contribution in [0.5, 0.6) is 11.5 Å². The van der Waals surface area contributed by atoms with Crippen LogP contribution in [-0.4, -0.2) is 20.8 Å². The van der Waals surface area contributed by atoms with Gasteiger partial charge in [-0.1, -0.05) is 29.8 Å². The molecule has 112 valence electrons. The second-order valence-corrected chi connectivity index (χ2v) is 5.23. The van der Waals surface area contributed by atoms with E-state index in [1.807, 2.05) is 36.4 Å². The standard InChI is InChI=1S/C17H20ClNO2/c1-20-16-8-5-13(11-17(16)21-2)15(9-10-19)12-3-6-14(18)7-4-12/h3-8,11,15H,9-10,19H2,1-2H3. The van der Waals surface area contributed by atoms with Crippen molar-refractivity contribution in [2.24, 2.45) is 5.73 Å². The third-order valence-electron chi connectivity index (χ3n) is 3.54. The minimum absolute atomic E-state index is 0.215. The molecule has 0 bridgehead atoms. The molecule has 21 heavy (non-hydrogen) atoms. The number of nitrogens with two attached hydrogens (primary N) is 1. The molecule has 2 aromatic carbocycles. The van der Waals surface area contributed by atoms with E-state index in [1.165, 1.54) is 5.56 Å². The smallest absolute Gasteiger partial charge is 0.161 e. The maximum absolute atomic E-state index is 5.97. The lowest BCUT2D eigenvalue weighted by Gasteiger charge is -2.19. The van der Waals surface area contributed by atoms with Gasteiger partial charge in [-0.15, -0.1) is 0 Å². The largest absolute Gasteiger partial charge is 0.493 e. The van der Waals surface area contributed by atoms with Crippen molar-refractivity contribution in [1.82, 2.24) is 0 Å². The van der Waals surface area contributed by atoms with Gasteiger partial charge in [-0.2, -0.15) is 0 Å². The average molecular weight is 306 g/mol. The molecule has 0 saturated carbocycles. The topological polar surface area (TPSA) is 44.5 Å². The highest BCUT2D eigenvalue weighted by Crippen LogP contribution is 2.35. The molecule has 0 radical (unpaired) electrons. The van der Waals surface area contributed by atoms with E-state index < -0.39 is 0 Å². The van der Waals surface area contributed by atoms with Gasteiger partial charge in [0, 0.05) is 10.9 Å².